The van der Waals surface area contributed by atoms with Gasteiger partial charge in [0.25, 0.3) is 0 Å². The van der Waals surface area contributed by atoms with Crippen molar-refractivity contribution >= 4 is 23.5 Å². The molecule has 1 aromatic carbocycles. The van der Waals surface area contributed by atoms with Crippen LogP contribution in [0.2, 0.25) is 0 Å². The van der Waals surface area contributed by atoms with Crippen LogP contribution in [0.15, 0.2) is 54.7 Å². The number of fused-ring (bicyclic) bond motifs is 1. The summed E-state index contributed by atoms with van der Waals surface area (Å²) in [5.41, 5.74) is 1.14. The highest BCUT2D eigenvalue weighted by molar-refractivity contribution is 5.85. The molecule has 3 heterocycles. The average molecular weight is 532 g/mol. The summed E-state index contributed by atoms with van der Waals surface area (Å²) >= 11 is 0. The normalized spacial score (nSPS) is 24.5. The van der Waals surface area contributed by atoms with Crippen molar-refractivity contribution in [3.05, 3.63) is 60.3 Å². The SMILES string of the molecule is O=C1NCCCCCCN(C(=O)CCc2ccccc2)[C@H]2C[C@H](C(=O)N3CCN(c4ccccn4)CC3)C[C@@H]12. The number of benzene rings is 1. The van der Waals surface area contributed by atoms with Crippen molar-refractivity contribution in [2.45, 2.75) is 57.4 Å². The molecule has 8 nitrogen and oxygen atoms in total. The largest absolute Gasteiger partial charge is 0.356 e. The van der Waals surface area contributed by atoms with Crippen LogP contribution >= 0.6 is 0 Å². The maximum atomic E-state index is 13.7. The maximum absolute atomic E-state index is 13.7. The van der Waals surface area contributed by atoms with Gasteiger partial charge in [0.1, 0.15) is 5.82 Å². The van der Waals surface area contributed by atoms with E-state index in [2.05, 4.69) is 15.2 Å². The van der Waals surface area contributed by atoms with Crippen LogP contribution in [0, 0.1) is 11.8 Å². The molecule has 3 atom stereocenters. The highest BCUT2D eigenvalue weighted by atomic mass is 16.2. The van der Waals surface area contributed by atoms with E-state index in [-0.39, 0.29) is 35.6 Å². The highest BCUT2D eigenvalue weighted by Crippen LogP contribution is 2.37. The Balaban J connectivity index is 1.27. The van der Waals surface area contributed by atoms with Gasteiger partial charge in [-0.1, -0.05) is 49.2 Å². The van der Waals surface area contributed by atoms with Gasteiger partial charge in [0.05, 0.1) is 5.92 Å². The second kappa shape index (κ2) is 13.1. The average Bonchev–Trinajstić information content (AvgIpc) is 3.42. The summed E-state index contributed by atoms with van der Waals surface area (Å²) in [5.74, 6) is 0.580. The monoisotopic (exact) mass is 531 g/mol. The zero-order valence-electron chi connectivity index (χ0n) is 22.8. The minimum absolute atomic E-state index is 0.00182. The van der Waals surface area contributed by atoms with Crippen molar-refractivity contribution in [2.24, 2.45) is 11.8 Å². The minimum atomic E-state index is -0.340. The van der Waals surface area contributed by atoms with Crippen LogP contribution in [0.3, 0.4) is 0 Å². The summed E-state index contributed by atoms with van der Waals surface area (Å²) in [6, 6.07) is 15.7. The molecule has 3 fully saturated rings. The number of carbonyl (C=O) groups excluding carboxylic acids is 3. The zero-order chi connectivity index (χ0) is 27.0. The second-order valence-corrected chi connectivity index (χ2v) is 11.1. The van der Waals surface area contributed by atoms with Crippen LogP contribution in [-0.4, -0.2) is 77.8 Å². The van der Waals surface area contributed by atoms with Crippen molar-refractivity contribution in [1.82, 2.24) is 20.1 Å². The van der Waals surface area contributed by atoms with Crippen LogP contribution in [0.5, 0.6) is 0 Å². The van der Waals surface area contributed by atoms with E-state index in [1.807, 2.05) is 58.3 Å². The number of nitrogens with zero attached hydrogens (tertiary/aromatic N) is 4. The molecule has 2 aromatic rings. The summed E-state index contributed by atoms with van der Waals surface area (Å²) in [5, 5.41) is 3.12. The van der Waals surface area contributed by atoms with Crippen molar-refractivity contribution in [3.8, 4) is 0 Å². The Morgan fingerprint density at radius 2 is 1.64 bits per heavy atom. The van der Waals surface area contributed by atoms with Crippen LogP contribution in [0.4, 0.5) is 5.82 Å². The van der Waals surface area contributed by atoms with Crippen molar-refractivity contribution in [1.29, 1.82) is 0 Å². The fourth-order valence-electron chi connectivity index (χ4n) is 6.42. The van der Waals surface area contributed by atoms with Gasteiger partial charge >= 0.3 is 0 Å². The molecular weight excluding hydrogens is 490 g/mol. The molecule has 1 aliphatic carbocycles. The molecular formula is C31H41N5O3. The lowest BCUT2D eigenvalue weighted by Gasteiger charge is -2.36. The van der Waals surface area contributed by atoms with E-state index in [1.165, 1.54) is 0 Å². The first kappa shape index (κ1) is 27.2. The zero-order valence-corrected chi connectivity index (χ0v) is 22.8. The molecule has 1 saturated carbocycles. The summed E-state index contributed by atoms with van der Waals surface area (Å²) < 4.78 is 0. The molecule has 2 saturated heterocycles. The van der Waals surface area contributed by atoms with Gasteiger partial charge in [-0.05, 0) is 49.8 Å². The smallest absolute Gasteiger partial charge is 0.225 e. The fourth-order valence-corrected chi connectivity index (χ4v) is 6.42. The summed E-state index contributed by atoms with van der Waals surface area (Å²) in [6.45, 7) is 4.10. The number of aryl methyl sites for hydroxylation is 1. The lowest BCUT2D eigenvalue weighted by Crippen LogP contribution is -2.50. The van der Waals surface area contributed by atoms with E-state index < -0.39 is 0 Å². The molecule has 5 rings (SSSR count). The van der Waals surface area contributed by atoms with Crippen LogP contribution < -0.4 is 10.2 Å². The van der Waals surface area contributed by atoms with E-state index >= 15 is 0 Å². The number of nitrogens with one attached hydrogen (secondary N) is 1. The summed E-state index contributed by atoms with van der Waals surface area (Å²) in [7, 11) is 0. The third-order valence-electron chi connectivity index (χ3n) is 8.60. The van der Waals surface area contributed by atoms with E-state index in [1.54, 1.807) is 6.20 Å². The van der Waals surface area contributed by atoms with Gasteiger partial charge in [-0.25, -0.2) is 4.98 Å². The topological polar surface area (TPSA) is 85.8 Å². The molecule has 8 heteroatoms. The molecule has 3 aliphatic rings. The number of anilines is 1. The van der Waals surface area contributed by atoms with Crippen molar-refractivity contribution in [2.75, 3.05) is 44.2 Å². The predicted molar refractivity (Wildman–Crippen MR) is 151 cm³/mol. The fraction of sp³-hybridized carbons (Fsp3) is 0.548. The number of hydrogen-bond donors (Lipinski definition) is 1. The van der Waals surface area contributed by atoms with Gasteiger partial charge in [-0.2, -0.15) is 0 Å². The lowest BCUT2D eigenvalue weighted by molar-refractivity contribution is -0.138. The van der Waals surface area contributed by atoms with Crippen molar-refractivity contribution in [3.63, 3.8) is 0 Å². The number of pyridine rings is 1. The lowest BCUT2D eigenvalue weighted by atomic mass is 9.99. The Morgan fingerprint density at radius 1 is 0.872 bits per heavy atom. The Bertz CT molecular complexity index is 1100. The van der Waals surface area contributed by atoms with E-state index in [0.717, 1.165) is 50.2 Å². The Kier molecular flexibility index (Phi) is 9.12. The van der Waals surface area contributed by atoms with Gasteiger partial charge in [0.2, 0.25) is 17.7 Å². The number of aromatic nitrogens is 1. The van der Waals surface area contributed by atoms with Gasteiger partial charge < -0.3 is 20.0 Å². The summed E-state index contributed by atoms with van der Waals surface area (Å²) in [6.07, 6.45) is 7.95. The molecule has 0 unspecified atom stereocenters. The molecule has 0 radical (unpaired) electrons. The molecule has 0 spiro atoms. The van der Waals surface area contributed by atoms with Gasteiger partial charge in [-0.15, -0.1) is 0 Å². The number of hydrogen-bond acceptors (Lipinski definition) is 5. The Hall–Kier alpha value is -3.42. The molecule has 39 heavy (non-hydrogen) atoms. The first-order valence-corrected chi connectivity index (χ1v) is 14.7. The highest BCUT2D eigenvalue weighted by Gasteiger charge is 2.46. The van der Waals surface area contributed by atoms with Crippen LogP contribution in [-0.2, 0) is 20.8 Å². The van der Waals surface area contributed by atoms with Crippen LogP contribution in [0.1, 0.15) is 50.5 Å². The quantitative estimate of drug-likeness (QED) is 0.640. The van der Waals surface area contributed by atoms with E-state index in [0.29, 0.717) is 51.9 Å². The first-order valence-electron chi connectivity index (χ1n) is 14.7. The molecule has 1 aromatic heterocycles. The van der Waals surface area contributed by atoms with Gasteiger partial charge in [-0.3, -0.25) is 14.4 Å². The molecule has 1 N–H and O–H groups in total. The number of rotatable bonds is 5. The van der Waals surface area contributed by atoms with Gasteiger partial charge in [0.15, 0.2) is 0 Å². The van der Waals surface area contributed by atoms with Crippen LogP contribution in [0.25, 0.3) is 0 Å². The molecule has 3 amide bonds. The first-order chi connectivity index (χ1) is 19.1. The molecule has 0 bridgehead atoms. The Labute approximate surface area is 231 Å². The molecule has 2 aliphatic heterocycles. The molecule has 208 valence electrons. The predicted octanol–water partition coefficient (Wildman–Crippen LogP) is 3.28. The third-order valence-corrected chi connectivity index (χ3v) is 8.60. The Morgan fingerprint density at radius 3 is 2.41 bits per heavy atom. The number of amides is 3. The van der Waals surface area contributed by atoms with E-state index in [4.69, 9.17) is 0 Å². The number of carbonyl (C=O) groups is 3. The van der Waals surface area contributed by atoms with Gasteiger partial charge in [0, 0.05) is 63.8 Å². The maximum Gasteiger partial charge on any atom is 0.225 e. The minimum Gasteiger partial charge on any atom is -0.356 e. The number of piperazine rings is 1. The second-order valence-electron chi connectivity index (χ2n) is 11.1. The van der Waals surface area contributed by atoms with E-state index in [9.17, 15) is 14.4 Å². The third kappa shape index (κ3) is 6.78. The standard InChI is InChI=1S/C31H41N5O3/c37-29(14-13-24-10-4-3-5-11-24)36-17-9-2-1-7-16-33-30(38)26-22-25(23-27(26)36)31(39)35-20-18-34(19-21-35)28-12-6-8-15-32-28/h3-6,8,10-12,15,25-27H,1-2,7,9,13-14,16-23H2,(H,33,38)/t25-,26-,27+/m1/s1. The van der Waals surface area contributed by atoms with Crippen molar-refractivity contribution < 1.29 is 14.4 Å². The summed E-state index contributed by atoms with van der Waals surface area (Å²) in [4.78, 5) is 51.2.